The monoisotopic (exact) mass is 239 g/mol. The first-order valence-electron chi connectivity index (χ1n) is 4.77. The SMILES string of the molecule is Cc1c(Br)cccc1[C@@H]1CCCN1. The van der Waals surface area contributed by atoms with Crippen LogP contribution in [0, 0.1) is 6.92 Å². The van der Waals surface area contributed by atoms with Crippen molar-refractivity contribution in [1.29, 1.82) is 0 Å². The van der Waals surface area contributed by atoms with Crippen LogP contribution >= 0.6 is 15.9 Å². The largest absolute Gasteiger partial charge is 0.310 e. The molecule has 0 saturated carbocycles. The Hall–Kier alpha value is -0.340. The van der Waals surface area contributed by atoms with Crippen molar-refractivity contribution in [3.05, 3.63) is 33.8 Å². The molecule has 2 heteroatoms. The van der Waals surface area contributed by atoms with Gasteiger partial charge in [0.15, 0.2) is 0 Å². The van der Waals surface area contributed by atoms with Crippen molar-refractivity contribution in [1.82, 2.24) is 5.32 Å². The lowest BCUT2D eigenvalue weighted by Crippen LogP contribution is -2.13. The van der Waals surface area contributed by atoms with Gasteiger partial charge in [0.25, 0.3) is 0 Å². The van der Waals surface area contributed by atoms with Crippen LogP contribution < -0.4 is 5.32 Å². The van der Waals surface area contributed by atoms with Crippen molar-refractivity contribution in [2.45, 2.75) is 25.8 Å². The van der Waals surface area contributed by atoms with E-state index >= 15 is 0 Å². The van der Waals surface area contributed by atoms with Gasteiger partial charge in [-0.1, -0.05) is 28.1 Å². The summed E-state index contributed by atoms with van der Waals surface area (Å²) >= 11 is 3.57. The molecule has 1 aromatic rings. The second-order valence-corrected chi connectivity index (χ2v) is 4.46. The molecule has 1 atom stereocenters. The molecule has 0 spiro atoms. The van der Waals surface area contributed by atoms with Crippen molar-refractivity contribution in [2.24, 2.45) is 0 Å². The number of hydrogen-bond acceptors (Lipinski definition) is 1. The van der Waals surface area contributed by atoms with Crippen molar-refractivity contribution in [3.8, 4) is 0 Å². The van der Waals surface area contributed by atoms with Gasteiger partial charge >= 0.3 is 0 Å². The molecule has 1 fully saturated rings. The summed E-state index contributed by atoms with van der Waals surface area (Å²) in [6.07, 6.45) is 2.58. The standard InChI is InChI=1S/C11H14BrN/c1-8-9(4-2-5-10(8)12)11-6-3-7-13-11/h2,4-5,11,13H,3,6-7H2,1H3/t11-/m0/s1. The van der Waals surface area contributed by atoms with Crippen LogP contribution in [-0.2, 0) is 0 Å². The highest BCUT2D eigenvalue weighted by Gasteiger charge is 2.18. The Morgan fingerprint density at radius 2 is 2.31 bits per heavy atom. The van der Waals surface area contributed by atoms with Crippen LogP contribution in [0.2, 0.25) is 0 Å². The fourth-order valence-corrected chi connectivity index (χ4v) is 2.33. The van der Waals surface area contributed by atoms with E-state index in [0.717, 1.165) is 6.54 Å². The third-order valence-electron chi connectivity index (χ3n) is 2.75. The summed E-state index contributed by atoms with van der Waals surface area (Å²) in [5.74, 6) is 0. The highest BCUT2D eigenvalue weighted by molar-refractivity contribution is 9.10. The molecular weight excluding hydrogens is 226 g/mol. The molecule has 2 rings (SSSR count). The average Bonchev–Trinajstić information content (AvgIpc) is 2.62. The minimum Gasteiger partial charge on any atom is -0.310 e. The maximum absolute atomic E-state index is 3.57. The molecule has 1 aliphatic heterocycles. The highest BCUT2D eigenvalue weighted by Crippen LogP contribution is 2.29. The maximum Gasteiger partial charge on any atom is 0.0323 e. The number of nitrogens with one attached hydrogen (secondary N) is 1. The average molecular weight is 240 g/mol. The zero-order chi connectivity index (χ0) is 9.26. The Morgan fingerprint density at radius 3 is 3.00 bits per heavy atom. The second-order valence-electron chi connectivity index (χ2n) is 3.60. The summed E-state index contributed by atoms with van der Waals surface area (Å²) in [6, 6.07) is 7.03. The Balaban J connectivity index is 2.33. The summed E-state index contributed by atoms with van der Waals surface area (Å²) in [7, 11) is 0. The highest BCUT2D eigenvalue weighted by atomic mass is 79.9. The molecule has 1 nitrogen and oxygen atoms in total. The molecule has 0 radical (unpaired) electrons. The molecule has 1 N–H and O–H groups in total. The van der Waals surface area contributed by atoms with Gasteiger partial charge in [0.05, 0.1) is 0 Å². The molecule has 1 saturated heterocycles. The Bertz CT molecular complexity index is 303. The van der Waals surface area contributed by atoms with E-state index in [9.17, 15) is 0 Å². The molecule has 1 aliphatic rings. The van der Waals surface area contributed by atoms with E-state index in [0.29, 0.717) is 6.04 Å². The van der Waals surface area contributed by atoms with Gasteiger partial charge in [-0.3, -0.25) is 0 Å². The predicted molar refractivity (Wildman–Crippen MR) is 58.9 cm³/mol. The number of benzene rings is 1. The minimum absolute atomic E-state index is 0.581. The second kappa shape index (κ2) is 3.81. The van der Waals surface area contributed by atoms with Gasteiger partial charge in [0, 0.05) is 10.5 Å². The molecule has 0 aromatic heterocycles. The third-order valence-corrected chi connectivity index (χ3v) is 3.60. The summed E-state index contributed by atoms with van der Waals surface area (Å²) in [5, 5.41) is 3.52. The van der Waals surface area contributed by atoms with Gasteiger partial charge in [-0.05, 0) is 43.5 Å². The first-order chi connectivity index (χ1) is 6.29. The van der Waals surface area contributed by atoms with Gasteiger partial charge in [-0.2, -0.15) is 0 Å². The molecule has 0 bridgehead atoms. The fourth-order valence-electron chi connectivity index (χ4n) is 1.95. The topological polar surface area (TPSA) is 12.0 Å². The lowest BCUT2D eigenvalue weighted by Gasteiger charge is -2.14. The van der Waals surface area contributed by atoms with Crippen molar-refractivity contribution >= 4 is 15.9 Å². The van der Waals surface area contributed by atoms with E-state index in [1.165, 1.54) is 28.4 Å². The van der Waals surface area contributed by atoms with E-state index in [1.807, 2.05) is 0 Å². The maximum atomic E-state index is 3.57. The fraction of sp³-hybridized carbons (Fsp3) is 0.455. The van der Waals surface area contributed by atoms with Crippen LogP contribution in [-0.4, -0.2) is 6.54 Å². The lowest BCUT2D eigenvalue weighted by molar-refractivity contribution is 0.643. The van der Waals surface area contributed by atoms with Crippen molar-refractivity contribution in [2.75, 3.05) is 6.54 Å². The molecule has 13 heavy (non-hydrogen) atoms. The van der Waals surface area contributed by atoms with Gasteiger partial charge in [-0.25, -0.2) is 0 Å². The normalized spacial score (nSPS) is 22.2. The summed E-state index contributed by atoms with van der Waals surface area (Å²) in [6.45, 7) is 3.34. The van der Waals surface area contributed by atoms with Crippen LogP contribution in [0.15, 0.2) is 22.7 Å². The van der Waals surface area contributed by atoms with E-state index in [4.69, 9.17) is 0 Å². The van der Waals surface area contributed by atoms with Gasteiger partial charge in [0.2, 0.25) is 0 Å². The molecule has 1 aromatic carbocycles. The Kier molecular flexibility index (Phi) is 2.70. The zero-order valence-electron chi connectivity index (χ0n) is 7.81. The van der Waals surface area contributed by atoms with E-state index in [-0.39, 0.29) is 0 Å². The van der Waals surface area contributed by atoms with Crippen LogP contribution in [0.5, 0.6) is 0 Å². The summed E-state index contributed by atoms with van der Waals surface area (Å²) in [5.41, 5.74) is 2.83. The quantitative estimate of drug-likeness (QED) is 0.794. The first kappa shape index (κ1) is 9.22. The van der Waals surface area contributed by atoms with Crippen LogP contribution in [0.1, 0.15) is 30.0 Å². The number of halogens is 1. The Morgan fingerprint density at radius 1 is 1.46 bits per heavy atom. The van der Waals surface area contributed by atoms with E-state index < -0.39 is 0 Å². The zero-order valence-corrected chi connectivity index (χ0v) is 9.39. The molecule has 0 aliphatic carbocycles. The van der Waals surface area contributed by atoms with E-state index in [1.54, 1.807) is 0 Å². The lowest BCUT2D eigenvalue weighted by atomic mass is 10.0. The van der Waals surface area contributed by atoms with Crippen LogP contribution in [0.3, 0.4) is 0 Å². The summed E-state index contributed by atoms with van der Waals surface area (Å²) < 4.78 is 1.22. The third kappa shape index (κ3) is 1.79. The molecule has 0 unspecified atom stereocenters. The molecule has 70 valence electrons. The van der Waals surface area contributed by atoms with Gasteiger partial charge < -0.3 is 5.32 Å². The van der Waals surface area contributed by atoms with Crippen LogP contribution in [0.25, 0.3) is 0 Å². The predicted octanol–water partition coefficient (Wildman–Crippen LogP) is 3.18. The molecular formula is C11H14BrN. The van der Waals surface area contributed by atoms with Gasteiger partial charge in [0.1, 0.15) is 0 Å². The van der Waals surface area contributed by atoms with Crippen LogP contribution in [0.4, 0.5) is 0 Å². The van der Waals surface area contributed by atoms with Gasteiger partial charge in [-0.15, -0.1) is 0 Å². The van der Waals surface area contributed by atoms with E-state index in [2.05, 4.69) is 46.4 Å². The smallest absolute Gasteiger partial charge is 0.0323 e. The molecule has 0 amide bonds. The minimum atomic E-state index is 0.581. The Labute approximate surface area is 87.7 Å². The number of hydrogen-bond donors (Lipinski definition) is 1. The van der Waals surface area contributed by atoms with Crippen molar-refractivity contribution in [3.63, 3.8) is 0 Å². The first-order valence-corrected chi connectivity index (χ1v) is 5.57. The van der Waals surface area contributed by atoms with Crippen molar-refractivity contribution < 1.29 is 0 Å². The number of rotatable bonds is 1. The molecule has 1 heterocycles. The summed E-state index contributed by atoms with van der Waals surface area (Å²) in [4.78, 5) is 0.